The molecular formula is C20H18N2O4S2. The zero-order chi connectivity index (χ0) is 20.0. The van der Waals surface area contributed by atoms with Crippen LogP contribution in [0.3, 0.4) is 0 Å². The number of furan rings is 1. The predicted molar refractivity (Wildman–Crippen MR) is 110 cm³/mol. The molecule has 6 nitrogen and oxygen atoms in total. The minimum absolute atomic E-state index is 0.113. The van der Waals surface area contributed by atoms with Gasteiger partial charge >= 0.3 is 5.97 Å². The van der Waals surface area contributed by atoms with Crippen molar-refractivity contribution in [1.29, 1.82) is 0 Å². The maximum Gasteiger partial charge on any atom is 0.342 e. The second kappa shape index (κ2) is 7.03. The van der Waals surface area contributed by atoms with E-state index in [2.05, 4.69) is 9.97 Å². The molecule has 0 aliphatic rings. The first-order valence-corrected chi connectivity index (χ1v) is 10.4. The molecule has 0 saturated heterocycles. The van der Waals surface area contributed by atoms with Gasteiger partial charge in [-0.1, -0.05) is 0 Å². The fourth-order valence-corrected chi connectivity index (χ4v) is 5.04. The summed E-state index contributed by atoms with van der Waals surface area (Å²) in [5.41, 5.74) is 1.83. The van der Waals surface area contributed by atoms with Crippen LogP contribution in [0.4, 0.5) is 0 Å². The van der Waals surface area contributed by atoms with Crippen molar-refractivity contribution in [2.75, 3.05) is 0 Å². The Morgan fingerprint density at radius 3 is 2.64 bits per heavy atom. The number of nitrogens with one attached hydrogen (secondary N) is 1. The maximum absolute atomic E-state index is 12.6. The van der Waals surface area contributed by atoms with E-state index >= 15 is 0 Å². The third-order valence-corrected chi connectivity index (χ3v) is 6.51. The Morgan fingerprint density at radius 2 is 2.00 bits per heavy atom. The van der Waals surface area contributed by atoms with Gasteiger partial charge in [-0.3, -0.25) is 4.79 Å². The quantitative estimate of drug-likeness (QED) is 0.480. The zero-order valence-electron chi connectivity index (χ0n) is 15.8. The largest absolute Gasteiger partial charge is 0.465 e. The van der Waals surface area contributed by atoms with E-state index in [1.807, 2.05) is 31.4 Å². The highest BCUT2D eigenvalue weighted by molar-refractivity contribution is 7.19. The average Bonchev–Trinajstić information content (AvgIpc) is 3.31. The smallest absolute Gasteiger partial charge is 0.342 e. The van der Waals surface area contributed by atoms with Crippen LogP contribution < -0.4 is 5.56 Å². The number of aromatic nitrogens is 2. The molecule has 0 saturated carbocycles. The molecule has 1 N–H and O–H groups in total. The maximum atomic E-state index is 12.6. The Bertz CT molecular complexity index is 1260. The Hall–Kier alpha value is -2.71. The lowest BCUT2D eigenvalue weighted by atomic mass is 10.1. The van der Waals surface area contributed by atoms with Crippen LogP contribution in [0.15, 0.2) is 26.7 Å². The molecule has 144 valence electrons. The molecule has 0 spiro atoms. The fraction of sp³-hybridized carbons (Fsp3) is 0.250. The number of nitrogens with zero attached hydrogens (tertiary/aromatic N) is 1. The molecule has 0 radical (unpaired) electrons. The molecule has 4 aromatic heterocycles. The first-order valence-electron chi connectivity index (χ1n) is 8.66. The third kappa shape index (κ3) is 3.18. The summed E-state index contributed by atoms with van der Waals surface area (Å²) < 4.78 is 10.8. The van der Waals surface area contributed by atoms with Crippen molar-refractivity contribution in [3.8, 4) is 10.4 Å². The predicted octanol–water partition coefficient (Wildman–Crippen LogP) is 4.90. The van der Waals surface area contributed by atoms with Crippen LogP contribution >= 0.6 is 22.7 Å². The lowest BCUT2D eigenvalue weighted by Crippen LogP contribution is -2.14. The summed E-state index contributed by atoms with van der Waals surface area (Å²) in [7, 11) is 0. The highest BCUT2D eigenvalue weighted by Gasteiger charge is 2.21. The molecule has 4 rings (SSSR count). The zero-order valence-corrected chi connectivity index (χ0v) is 17.5. The Morgan fingerprint density at radius 1 is 1.21 bits per heavy atom. The van der Waals surface area contributed by atoms with E-state index in [1.165, 1.54) is 16.2 Å². The second-order valence-corrected chi connectivity index (χ2v) is 8.69. The van der Waals surface area contributed by atoms with Gasteiger partial charge in [0, 0.05) is 26.3 Å². The van der Waals surface area contributed by atoms with Gasteiger partial charge in [0.2, 0.25) is 0 Å². The van der Waals surface area contributed by atoms with Crippen molar-refractivity contribution in [3.05, 3.63) is 61.2 Å². The van der Waals surface area contributed by atoms with Crippen molar-refractivity contribution in [2.45, 2.75) is 34.3 Å². The molecule has 0 bridgehead atoms. The van der Waals surface area contributed by atoms with Crippen LogP contribution in [0.25, 0.3) is 20.7 Å². The van der Waals surface area contributed by atoms with Crippen molar-refractivity contribution in [3.63, 3.8) is 0 Å². The van der Waals surface area contributed by atoms with E-state index in [0.717, 1.165) is 16.0 Å². The van der Waals surface area contributed by atoms with Gasteiger partial charge < -0.3 is 14.1 Å². The number of aryl methyl sites for hydroxylation is 3. The first-order chi connectivity index (χ1) is 13.3. The molecule has 0 fully saturated rings. The van der Waals surface area contributed by atoms with E-state index in [9.17, 15) is 9.59 Å². The van der Waals surface area contributed by atoms with Gasteiger partial charge in [0.05, 0.1) is 5.39 Å². The number of hydrogen-bond donors (Lipinski definition) is 1. The Balaban J connectivity index is 1.60. The number of carbonyl (C=O) groups is 1. The van der Waals surface area contributed by atoms with Gasteiger partial charge in [-0.2, -0.15) is 0 Å². The molecule has 28 heavy (non-hydrogen) atoms. The normalized spacial score (nSPS) is 11.3. The molecule has 0 atom stereocenters. The minimum Gasteiger partial charge on any atom is -0.465 e. The van der Waals surface area contributed by atoms with E-state index in [0.29, 0.717) is 33.1 Å². The molecule has 4 aromatic rings. The highest BCUT2D eigenvalue weighted by Crippen LogP contribution is 2.35. The van der Waals surface area contributed by atoms with E-state index in [4.69, 9.17) is 9.15 Å². The SMILES string of the molecule is Cc1ccc(-c2csc3nc(COC(=O)c4c(C)oc(C)c4C)[nH]c(=O)c23)s1. The summed E-state index contributed by atoms with van der Waals surface area (Å²) in [4.78, 5) is 35.1. The Labute approximate surface area is 168 Å². The van der Waals surface area contributed by atoms with Crippen molar-refractivity contribution in [1.82, 2.24) is 9.97 Å². The molecule has 0 aliphatic carbocycles. The summed E-state index contributed by atoms with van der Waals surface area (Å²) in [5.74, 6) is 1.03. The van der Waals surface area contributed by atoms with Crippen molar-refractivity contribution in [2.24, 2.45) is 0 Å². The third-order valence-electron chi connectivity index (χ3n) is 4.60. The second-order valence-electron chi connectivity index (χ2n) is 6.54. The van der Waals surface area contributed by atoms with Gasteiger partial charge in [-0.25, -0.2) is 9.78 Å². The summed E-state index contributed by atoms with van der Waals surface area (Å²) in [6, 6.07) is 4.04. The number of H-pyrrole nitrogens is 1. The Kier molecular flexibility index (Phi) is 4.68. The number of carbonyl (C=O) groups excluding carboxylic acids is 1. The van der Waals surface area contributed by atoms with E-state index in [-0.39, 0.29) is 12.2 Å². The molecule has 4 heterocycles. The van der Waals surface area contributed by atoms with Crippen LogP contribution in [-0.4, -0.2) is 15.9 Å². The number of esters is 1. The van der Waals surface area contributed by atoms with Gasteiger partial charge in [0.15, 0.2) is 0 Å². The first kappa shape index (κ1) is 18.6. The molecular weight excluding hydrogens is 396 g/mol. The standard InChI is InChI=1S/C20H18N2O4S2/c1-9-5-6-14(28-9)13-8-27-19-17(13)18(23)21-15(22-19)7-25-20(24)16-10(2)11(3)26-12(16)4/h5-6,8H,7H2,1-4H3,(H,21,22,23). The lowest BCUT2D eigenvalue weighted by molar-refractivity contribution is 0.0459. The van der Waals surface area contributed by atoms with E-state index < -0.39 is 5.97 Å². The van der Waals surface area contributed by atoms with Gasteiger partial charge in [-0.05, 0) is 39.8 Å². The molecule has 0 aromatic carbocycles. The number of thiophene rings is 2. The molecule has 0 amide bonds. The topological polar surface area (TPSA) is 85.2 Å². The fourth-order valence-electron chi connectivity index (χ4n) is 3.12. The number of hydrogen-bond acceptors (Lipinski definition) is 7. The number of fused-ring (bicyclic) bond motifs is 1. The highest BCUT2D eigenvalue weighted by atomic mass is 32.1. The van der Waals surface area contributed by atoms with Crippen LogP contribution in [-0.2, 0) is 11.3 Å². The number of aromatic amines is 1. The van der Waals surface area contributed by atoms with Gasteiger partial charge in [0.1, 0.15) is 34.3 Å². The van der Waals surface area contributed by atoms with E-state index in [1.54, 1.807) is 25.2 Å². The van der Waals surface area contributed by atoms with Crippen molar-refractivity contribution >= 4 is 38.9 Å². The monoisotopic (exact) mass is 414 g/mol. The van der Waals surface area contributed by atoms with Crippen LogP contribution in [0.1, 0.15) is 38.1 Å². The van der Waals surface area contributed by atoms with Gasteiger partial charge in [-0.15, -0.1) is 22.7 Å². The van der Waals surface area contributed by atoms with Crippen molar-refractivity contribution < 1.29 is 13.9 Å². The average molecular weight is 415 g/mol. The van der Waals surface area contributed by atoms with Gasteiger partial charge in [0.25, 0.3) is 5.56 Å². The summed E-state index contributed by atoms with van der Waals surface area (Å²) in [5, 5.41) is 2.51. The van der Waals surface area contributed by atoms with Crippen LogP contribution in [0.2, 0.25) is 0 Å². The van der Waals surface area contributed by atoms with Crippen LogP contribution in [0, 0.1) is 27.7 Å². The lowest BCUT2D eigenvalue weighted by Gasteiger charge is -2.05. The summed E-state index contributed by atoms with van der Waals surface area (Å²) in [6.45, 7) is 7.26. The molecule has 0 unspecified atom stereocenters. The summed E-state index contributed by atoms with van der Waals surface area (Å²) >= 11 is 3.04. The summed E-state index contributed by atoms with van der Waals surface area (Å²) in [6.07, 6.45) is 0. The molecule has 0 aliphatic heterocycles. The number of ether oxygens (including phenoxy) is 1. The molecule has 8 heteroatoms. The minimum atomic E-state index is -0.490. The van der Waals surface area contributed by atoms with Crippen LogP contribution in [0.5, 0.6) is 0 Å². The number of rotatable bonds is 4.